The summed E-state index contributed by atoms with van der Waals surface area (Å²) in [6.45, 7) is 1.19. The fourth-order valence-electron chi connectivity index (χ4n) is 1.56. The smallest absolute Gasteiger partial charge is 0.263 e. The van der Waals surface area contributed by atoms with E-state index in [1.54, 1.807) is 18.6 Å². The van der Waals surface area contributed by atoms with Gasteiger partial charge < -0.3 is 10.3 Å². The van der Waals surface area contributed by atoms with E-state index in [9.17, 15) is 8.78 Å². The predicted molar refractivity (Wildman–Crippen MR) is 60.5 cm³/mol. The van der Waals surface area contributed by atoms with Gasteiger partial charge in [0.1, 0.15) is 0 Å². The molecule has 0 amide bonds. The van der Waals surface area contributed by atoms with Crippen molar-refractivity contribution in [3.05, 3.63) is 53.6 Å². The van der Waals surface area contributed by atoms with Gasteiger partial charge >= 0.3 is 0 Å². The summed E-state index contributed by atoms with van der Waals surface area (Å²) in [6, 6.07) is 6.42. The third kappa shape index (κ3) is 3.35. The lowest BCUT2D eigenvalue weighted by molar-refractivity contribution is 0.151. The number of imidazole rings is 1. The lowest BCUT2D eigenvalue weighted by Gasteiger charge is -2.05. The van der Waals surface area contributed by atoms with Crippen LogP contribution in [0.4, 0.5) is 8.78 Å². The molecule has 0 bridgehead atoms. The molecule has 0 saturated heterocycles. The van der Waals surface area contributed by atoms with Gasteiger partial charge in [-0.1, -0.05) is 18.2 Å². The number of nitrogens with zero attached hydrogens (tertiary/aromatic N) is 1. The van der Waals surface area contributed by atoms with Crippen LogP contribution < -0.4 is 5.32 Å². The first kappa shape index (κ1) is 11.7. The van der Waals surface area contributed by atoms with Gasteiger partial charge in [0.2, 0.25) is 0 Å². The summed E-state index contributed by atoms with van der Waals surface area (Å²) in [6.07, 6.45) is 0.916. The highest BCUT2D eigenvalue weighted by atomic mass is 19.3. The topological polar surface area (TPSA) is 40.7 Å². The Bertz CT molecular complexity index is 455. The number of hydrogen-bond acceptors (Lipinski definition) is 2. The van der Waals surface area contributed by atoms with E-state index in [0.717, 1.165) is 11.3 Å². The van der Waals surface area contributed by atoms with Gasteiger partial charge in [0.25, 0.3) is 6.43 Å². The molecule has 0 unspecified atom stereocenters. The van der Waals surface area contributed by atoms with Crippen LogP contribution in [0.25, 0.3) is 0 Å². The molecule has 0 aliphatic heterocycles. The van der Waals surface area contributed by atoms with Crippen molar-refractivity contribution in [2.24, 2.45) is 0 Å². The van der Waals surface area contributed by atoms with Gasteiger partial charge in [-0.15, -0.1) is 0 Å². The Morgan fingerprint density at radius 2 is 2.18 bits per heavy atom. The lowest BCUT2D eigenvalue weighted by Crippen LogP contribution is -2.13. The van der Waals surface area contributed by atoms with Gasteiger partial charge in [-0.05, 0) is 11.6 Å². The Hall–Kier alpha value is -1.75. The summed E-state index contributed by atoms with van der Waals surface area (Å²) >= 11 is 0. The third-order valence-electron chi connectivity index (χ3n) is 2.40. The molecule has 0 aliphatic carbocycles. The molecule has 17 heavy (non-hydrogen) atoms. The van der Waals surface area contributed by atoms with E-state index >= 15 is 0 Å². The normalized spacial score (nSPS) is 11.0. The second-order valence-corrected chi connectivity index (χ2v) is 3.73. The molecule has 5 heteroatoms. The van der Waals surface area contributed by atoms with Crippen molar-refractivity contribution in [3.8, 4) is 0 Å². The van der Waals surface area contributed by atoms with Gasteiger partial charge in [-0.3, -0.25) is 0 Å². The molecule has 2 aromatic rings. The van der Waals surface area contributed by atoms with Gasteiger partial charge in [-0.25, -0.2) is 13.8 Å². The number of nitrogens with one attached hydrogen (secondary N) is 2. The molecule has 0 saturated carbocycles. The van der Waals surface area contributed by atoms with E-state index in [1.807, 2.05) is 6.07 Å². The van der Waals surface area contributed by atoms with E-state index in [1.165, 1.54) is 12.1 Å². The minimum Gasteiger partial charge on any atom is -0.347 e. The lowest BCUT2D eigenvalue weighted by atomic mass is 10.1. The van der Waals surface area contributed by atoms with Crippen LogP contribution in [0.1, 0.15) is 23.2 Å². The highest BCUT2D eigenvalue weighted by Crippen LogP contribution is 2.19. The zero-order chi connectivity index (χ0) is 12.1. The first-order chi connectivity index (χ1) is 8.25. The summed E-state index contributed by atoms with van der Waals surface area (Å²) in [5, 5.41) is 3.15. The molecule has 3 nitrogen and oxygen atoms in total. The molecule has 0 atom stereocenters. The first-order valence-corrected chi connectivity index (χ1v) is 5.30. The molecule has 2 N–H and O–H groups in total. The summed E-state index contributed by atoms with van der Waals surface area (Å²) in [5.41, 5.74) is 1.88. The molecule has 0 fully saturated rings. The van der Waals surface area contributed by atoms with Crippen molar-refractivity contribution in [2.75, 3.05) is 0 Å². The maximum Gasteiger partial charge on any atom is 0.263 e. The van der Waals surface area contributed by atoms with Crippen molar-refractivity contribution >= 4 is 0 Å². The van der Waals surface area contributed by atoms with E-state index in [-0.39, 0.29) is 5.56 Å². The van der Waals surface area contributed by atoms with Crippen LogP contribution in [0.5, 0.6) is 0 Å². The van der Waals surface area contributed by atoms with E-state index < -0.39 is 6.43 Å². The van der Waals surface area contributed by atoms with Crippen LogP contribution in [-0.2, 0) is 13.1 Å². The number of benzene rings is 1. The highest BCUT2D eigenvalue weighted by molar-refractivity contribution is 5.24. The minimum atomic E-state index is -2.41. The largest absolute Gasteiger partial charge is 0.347 e. The van der Waals surface area contributed by atoms with Crippen LogP contribution in [0.2, 0.25) is 0 Å². The maximum absolute atomic E-state index is 12.5. The third-order valence-corrected chi connectivity index (χ3v) is 2.40. The van der Waals surface area contributed by atoms with Crippen molar-refractivity contribution in [1.29, 1.82) is 0 Å². The Morgan fingerprint density at radius 1 is 1.29 bits per heavy atom. The number of halogens is 2. The number of aromatic nitrogens is 2. The Kier molecular flexibility index (Phi) is 3.82. The molecule has 1 aromatic heterocycles. The number of H-pyrrole nitrogens is 1. The van der Waals surface area contributed by atoms with Crippen LogP contribution in [0, 0.1) is 0 Å². The standard InChI is InChI=1S/C12H13F2N3/c13-12(14)10-3-1-2-9(4-10)5-15-6-11-7-16-8-17-11/h1-4,7-8,12,15H,5-6H2,(H,16,17). The Labute approximate surface area is 97.9 Å². The van der Waals surface area contributed by atoms with Crippen LogP contribution >= 0.6 is 0 Å². The maximum atomic E-state index is 12.5. The molecule has 90 valence electrons. The quantitative estimate of drug-likeness (QED) is 0.839. The Balaban J connectivity index is 1.88. The SMILES string of the molecule is FC(F)c1cccc(CNCc2cnc[nH]2)c1. The van der Waals surface area contributed by atoms with Gasteiger partial charge in [0, 0.05) is 30.5 Å². The molecule has 0 aliphatic rings. The predicted octanol–water partition coefficient (Wildman–Crippen LogP) is 2.64. The first-order valence-electron chi connectivity index (χ1n) is 5.30. The van der Waals surface area contributed by atoms with Gasteiger partial charge in [-0.2, -0.15) is 0 Å². The highest BCUT2D eigenvalue weighted by Gasteiger charge is 2.06. The average Bonchev–Trinajstić information content (AvgIpc) is 2.82. The summed E-state index contributed by atoms with van der Waals surface area (Å²) < 4.78 is 24.9. The van der Waals surface area contributed by atoms with Gasteiger partial charge in [0.05, 0.1) is 6.33 Å². The number of aromatic amines is 1. The molecular formula is C12H13F2N3. The van der Waals surface area contributed by atoms with Crippen LogP contribution in [0.15, 0.2) is 36.8 Å². The van der Waals surface area contributed by atoms with Crippen LogP contribution in [0.3, 0.4) is 0 Å². The summed E-state index contributed by atoms with van der Waals surface area (Å²) in [7, 11) is 0. The summed E-state index contributed by atoms with van der Waals surface area (Å²) in [4.78, 5) is 6.85. The second-order valence-electron chi connectivity index (χ2n) is 3.73. The zero-order valence-electron chi connectivity index (χ0n) is 9.16. The molecule has 1 aromatic carbocycles. The van der Waals surface area contributed by atoms with E-state index in [2.05, 4.69) is 15.3 Å². The minimum absolute atomic E-state index is 0.0610. The van der Waals surface area contributed by atoms with E-state index in [4.69, 9.17) is 0 Å². The monoisotopic (exact) mass is 237 g/mol. The fraction of sp³-hybridized carbons (Fsp3) is 0.250. The molecule has 2 rings (SSSR count). The Morgan fingerprint density at radius 3 is 2.88 bits per heavy atom. The summed E-state index contributed by atoms with van der Waals surface area (Å²) in [5.74, 6) is 0. The second kappa shape index (κ2) is 5.54. The number of alkyl halides is 2. The molecule has 0 spiro atoms. The van der Waals surface area contributed by atoms with Crippen molar-refractivity contribution < 1.29 is 8.78 Å². The fourth-order valence-corrected chi connectivity index (χ4v) is 1.56. The van der Waals surface area contributed by atoms with Gasteiger partial charge in [0.15, 0.2) is 0 Å². The van der Waals surface area contributed by atoms with Crippen molar-refractivity contribution in [2.45, 2.75) is 19.5 Å². The zero-order valence-corrected chi connectivity index (χ0v) is 9.16. The van der Waals surface area contributed by atoms with E-state index in [0.29, 0.717) is 13.1 Å². The average molecular weight is 237 g/mol. The van der Waals surface area contributed by atoms with Crippen LogP contribution in [-0.4, -0.2) is 9.97 Å². The van der Waals surface area contributed by atoms with Crippen molar-refractivity contribution in [1.82, 2.24) is 15.3 Å². The molecule has 1 heterocycles. The number of rotatable bonds is 5. The number of hydrogen-bond donors (Lipinski definition) is 2. The molecule has 0 radical (unpaired) electrons. The molecular weight excluding hydrogens is 224 g/mol. The van der Waals surface area contributed by atoms with Crippen molar-refractivity contribution in [3.63, 3.8) is 0 Å².